The summed E-state index contributed by atoms with van der Waals surface area (Å²) in [5.41, 5.74) is 6.76. The summed E-state index contributed by atoms with van der Waals surface area (Å²) in [5, 5.41) is 8.91. The molecule has 16 heavy (non-hydrogen) atoms. The fourth-order valence-electron chi connectivity index (χ4n) is 1.51. The fourth-order valence-corrected chi connectivity index (χ4v) is 2.94. The lowest BCUT2D eigenvalue weighted by molar-refractivity contribution is 0.608. The predicted molar refractivity (Wildman–Crippen MR) is 61.5 cm³/mol. The van der Waals surface area contributed by atoms with Crippen LogP contribution in [0.25, 0.3) is 0 Å². The Labute approximate surface area is 99.1 Å². The van der Waals surface area contributed by atoms with Crippen molar-refractivity contribution in [1.82, 2.24) is 0 Å². The summed E-state index contributed by atoms with van der Waals surface area (Å²) >= 11 is 0. The van der Waals surface area contributed by atoms with Crippen LogP contribution in [0.1, 0.15) is 23.6 Å². The zero-order chi connectivity index (χ0) is 12.3. The van der Waals surface area contributed by atoms with Crippen molar-refractivity contribution in [2.45, 2.75) is 24.8 Å². The molecule has 0 amide bonds. The van der Waals surface area contributed by atoms with Gasteiger partial charge in [0.25, 0.3) is 9.05 Å². The highest BCUT2D eigenvalue weighted by atomic mass is 35.7. The van der Waals surface area contributed by atoms with E-state index in [-0.39, 0.29) is 17.0 Å². The lowest BCUT2D eigenvalue weighted by Crippen LogP contribution is -2.05. The van der Waals surface area contributed by atoms with Gasteiger partial charge in [-0.25, -0.2) is 8.42 Å². The normalized spacial score (nSPS) is 11.1. The number of benzene rings is 1. The Kier molecular flexibility index (Phi) is 3.92. The summed E-state index contributed by atoms with van der Waals surface area (Å²) in [6.07, 6.45) is 0.476. The van der Waals surface area contributed by atoms with Crippen LogP contribution in [0.4, 0.5) is 0 Å². The molecular weight excluding hydrogens is 248 g/mol. The number of nitrogens with zero attached hydrogens (tertiary/aromatic N) is 1. The van der Waals surface area contributed by atoms with Crippen LogP contribution in [0.3, 0.4) is 0 Å². The Bertz CT molecular complexity index is 547. The van der Waals surface area contributed by atoms with Gasteiger partial charge in [-0.05, 0) is 23.6 Å². The summed E-state index contributed by atoms with van der Waals surface area (Å²) < 4.78 is 22.8. The van der Waals surface area contributed by atoms with Crippen LogP contribution in [0.2, 0.25) is 0 Å². The third-order valence-corrected chi connectivity index (χ3v) is 3.64. The van der Waals surface area contributed by atoms with Crippen LogP contribution >= 0.6 is 10.7 Å². The highest BCUT2D eigenvalue weighted by molar-refractivity contribution is 8.13. The SMILES string of the molecule is CCc1cc(CN)cc(C#N)c1S(=O)(=O)Cl. The highest BCUT2D eigenvalue weighted by Gasteiger charge is 2.20. The van der Waals surface area contributed by atoms with Crippen LogP contribution in [-0.2, 0) is 22.0 Å². The van der Waals surface area contributed by atoms with Gasteiger partial charge in [0.15, 0.2) is 0 Å². The molecule has 0 aromatic heterocycles. The molecule has 0 bridgehead atoms. The van der Waals surface area contributed by atoms with Gasteiger partial charge in [-0.2, -0.15) is 5.26 Å². The third kappa shape index (κ3) is 2.53. The van der Waals surface area contributed by atoms with Crippen LogP contribution in [0.5, 0.6) is 0 Å². The first kappa shape index (κ1) is 13.0. The second-order valence-electron chi connectivity index (χ2n) is 3.24. The molecule has 0 saturated carbocycles. The van der Waals surface area contributed by atoms with Gasteiger partial charge in [0, 0.05) is 17.2 Å². The van der Waals surface area contributed by atoms with Gasteiger partial charge in [0.1, 0.15) is 11.0 Å². The minimum absolute atomic E-state index is 0.0507. The van der Waals surface area contributed by atoms with Gasteiger partial charge in [0.05, 0.1) is 5.56 Å². The van der Waals surface area contributed by atoms with Crippen LogP contribution in [0, 0.1) is 11.3 Å². The minimum Gasteiger partial charge on any atom is -0.326 e. The first-order valence-electron chi connectivity index (χ1n) is 4.64. The standard InChI is InChI=1S/C10H11ClN2O2S/c1-2-8-3-7(5-12)4-9(6-13)10(8)16(11,14)15/h3-4H,2,5,12H2,1H3. The smallest absolute Gasteiger partial charge is 0.262 e. The van der Waals surface area contributed by atoms with Crippen molar-refractivity contribution in [3.8, 4) is 6.07 Å². The molecule has 2 N–H and O–H groups in total. The van der Waals surface area contributed by atoms with E-state index in [2.05, 4.69) is 0 Å². The van der Waals surface area contributed by atoms with E-state index in [0.717, 1.165) is 5.56 Å². The van der Waals surface area contributed by atoms with Gasteiger partial charge in [-0.15, -0.1) is 0 Å². The molecule has 0 radical (unpaired) electrons. The van der Waals surface area contributed by atoms with E-state index in [4.69, 9.17) is 21.7 Å². The molecule has 1 aromatic rings. The lowest BCUT2D eigenvalue weighted by Gasteiger charge is -2.09. The zero-order valence-electron chi connectivity index (χ0n) is 8.70. The van der Waals surface area contributed by atoms with E-state index in [0.29, 0.717) is 12.0 Å². The van der Waals surface area contributed by atoms with E-state index >= 15 is 0 Å². The van der Waals surface area contributed by atoms with Gasteiger partial charge in [-0.3, -0.25) is 0 Å². The fraction of sp³-hybridized carbons (Fsp3) is 0.300. The molecule has 0 aliphatic heterocycles. The van der Waals surface area contributed by atoms with Gasteiger partial charge in [-0.1, -0.05) is 13.0 Å². The Morgan fingerprint density at radius 2 is 2.12 bits per heavy atom. The van der Waals surface area contributed by atoms with Crippen molar-refractivity contribution >= 4 is 19.7 Å². The second kappa shape index (κ2) is 4.83. The molecule has 86 valence electrons. The lowest BCUT2D eigenvalue weighted by atomic mass is 10.0. The molecule has 0 fully saturated rings. The first-order chi connectivity index (χ1) is 7.43. The average molecular weight is 259 g/mol. The Balaban J connectivity index is 3.65. The molecule has 1 aromatic carbocycles. The topological polar surface area (TPSA) is 83.9 Å². The monoisotopic (exact) mass is 258 g/mol. The minimum atomic E-state index is -3.90. The molecule has 0 heterocycles. The molecule has 6 heteroatoms. The number of aryl methyl sites for hydroxylation is 1. The van der Waals surface area contributed by atoms with Crippen molar-refractivity contribution in [2.75, 3.05) is 0 Å². The summed E-state index contributed by atoms with van der Waals surface area (Å²) in [7, 11) is 1.41. The van der Waals surface area contributed by atoms with Crippen LogP contribution in [-0.4, -0.2) is 8.42 Å². The third-order valence-electron chi connectivity index (χ3n) is 2.21. The Morgan fingerprint density at radius 1 is 1.50 bits per heavy atom. The average Bonchev–Trinajstić information content (AvgIpc) is 2.25. The van der Waals surface area contributed by atoms with Crippen molar-refractivity contribution in [2.24, 2.45) is 5.73 Å². The molecule has 0 spiro atoms. The number of nitriles is 1. The maximum atomic E-state index is 11.4. The molecule has 0 aliphatic carbocycles. The molecule has 0 atom stereocenters. The van der Waals surface area contributed by atoms with Gasteiger partial charge >= 0.3 is 0 Å². The van der Waals surface area contributed by atoms with Gasteiger partial charge in [0.2, 0.25) is 0 Å². The van der Waals surface area contributed by atoms with Crippen molar-refractivity contribution in [3.63, 3.8) is 0 Å². The molecule has 0 aliphatic rings. The van der Waals surface area contributed by atoms with E-state index in [9.17, 15) is 8.42 Å². The molecule has 4 nitrogen and oxygen atoms in total. The second-order valence-corrected chi connectivity index (χ2v) is 5.74. The summed E-state index contributed by atoms with van der Waals surface area (Å²) in [4.78, 5) is -0.101. The zero-order valence-corrected chi connectivity index (χ0v) is 10.3. The number of rotatable bonds is 3. The van der Waals surface area contributed by atoms with Crippen molar-refractivity contribution < 1.29 is 8.42 Å². The quantitative estimate of drug-likeness (QED) is 0.833. The number of hydrogen-bond donors (Lipinski definition) is 1. The number of halogens is 1. The predicted octanol–water partition coefficient (Wildman–Crippen LogP) is 1.51. The summed E-state index contributed by atoms with van der Waals surface area (Å²) in [5.74, 6) is 0. The maximum absolute atomic E-state index is 11.4. The molecule has 1 rings (SSSR count). The summed E-state index contributed by atoms with van der Waals surface area (Å²) in [6.45, 7) is 2.05. The Morgan fingerprint density at radius 3 is 2.50 bits per heavy atom. The van der Waals surface area contributed by atoms with Crippen molar-refractivity contribution in [1.29, 1.82) is 5.26 Å². The van der Waals surface area contributed by atoms with E-state index in [1.807, 2.05) is 6.07 Å². The van der Waals surface area contributed by atoms with Crippen molar-refractivity contribution in [3.05, 3.63) is 28.8 Å². The molecular formula is C10H11ClN2O2S. The largest absolute Gasteiger partial charge is 0.326 e. The van der Waals surface area contributed by atoms with E-state index < -0.39 is 9.05 Å². The number of nitrogens with two attached hydrogens (primary N) is 1. The van der Waals surface area contributed by atoms with E-state index in [1.54, 1.807) is 13.0 Å². The summed E-state index contributed by atoms with van der Waals surface area (Å²) in [6, 6.07) is 4.95. The van der Waals surface area contributed by atoms with E-state index in [1.165, 1.54) is 6.07 Å². The molecule has 0 unspecified atom stereocenters. The Hall–Kier alpha value is -1.09. The number of hydrogen-bond acceptors (Lipinski definition) is 4. The van der Waals surface area contributed by atoms with Crippen LogP contribution in [0.15, 0.2) is 17.0 Å². The van der Waals surface area contributed by atoms with Crippen LogP contribution < -0.4 is 5.73 Å². The molecule has 0 saturated heterocycles. The first-order valence-corrected chi connectivity index (χ1v) is 6.95. The maximum Gasteiger partial charge on any atom is 0.262 e. The van der Waals surface area contributed by atoms with Gasteiger partial charge < -0.3 is 5.73 Å². The highest BCUT2D eigenvalue weighted by Crippen LogP contribution is 2.26.